The Morgan fingerprint density at radius 3 is 2.41 bits per heavy atom. The number of halogens is 1. The first-order valence-electron chi connectivity index (χ1n) is 5.86. The maximum absolute atomic E-state index is 5.97. The van der Waals surface area contributed by atoms with Crippen LogP contribution in [0.5, 0.6) is 0 Å². The molecule has 0 atom stereocenters. The SMILES string of the molecule is Clc1ccnc(C2(c3ccccc3)CCC2)n1. The lowest BCUT2D eigenvalue weighted by Gasteiger charge is -2.40. The molecular weight excluding hydrogens is 232 g/mol. The molecule has 0 unspecified atom stereocenters. The van der Waals surface area contributed by atoms with Crippen molar-refractivity contribution < 1.29 is 0 Å². The molecule has 0 bridgehead atoms. The number of hydrogen-bond acceptors (Lipinski definition) is 2. The fourth-order valence-corrected chi connectivity index (χ4v) is 2.63. The van der Waals surface area contributed by atoms with E-state index >= 15 is 0 Å². The Bertz CT molecular complexity index is 521. The van der Waals surface area contributed by atoms with Gasteiger partial charge in [0.1, 0.15) is 11.0 Å². The van der Waals surface area contributed by atoms with Crippen molar-refractivity contribution >= 4 is 11.6 Å². The zero-order chi connectivity index (χ0) is 11.7. The highest BCUT2D eigenvalue weighted by molar-refractivity contribution is 6.29. The maximum atomic E-state index is 5.97. The average molecular weight is 245 g/mol. The van der Waals surface area contributed by atoms with E-state index in [0.717, 1.165) is 18.7 Å². The van der Waals surface area contributed by atoms with Gasteiger partial charge in [0.05, 0.1) is 5.41 Å². The molecule has 2 aromatic rings. The topological polar surface area (TPSA) is 25.8 Å². The van der Waals surface area contributed by atoms with Crippen molar-refractivity contribution in [3.8, 4) is 0 Å². The summed E-state index contributed by atoms with van der Waals surface area (Å²) in [5.41, 5.74) is 1.29. The number of rotatable bonds is 2. The van der Waals surface area contributed by atoms with Gasteiger partial charge < -0.3 is 0 Å². The summed E-state index contributed by atoms with van der Waals surface area (Å²) in [6.45, 7) is 0. The van der Waals surface area contributed by atoms with Gasteiger partial charge in [0.15, 0.2) is 0 Å². The van der Waals surface area contributed by atoms with Crippen LogP contribution >= 0.6 is 11.6 Å². The molecule has 0 spiro atoms. The van der Waals surface area contributed by atoms with Crippen LogP contribution in [0.2, 0.25) is 5.15 Å². The molecule has 0 aliphatic heterocycles. The molecule has 0 amide bonds. The average Bonchev–Trinajstić information content (AvgIpc) is 2.29. The zero-order valence-corrected chi connectivity index (χ0v) is 10.2. The van der Waals surface area contributed by atoms with Crippen LogP contribution in [0.25, 0.3) is 0 Å². The van der Waals surface area contributed by atoms with E-state index in [1.807, 2.05) is 6.07 Å². The van der Waals surface area contributed by atoms with Crippen molar-refractivity contribution in [2.75, 3.05) is 0 Å². The lowest BCUT2D eigenvalue weighted by atomic mass is 9.64. The second kappa shape index (κ2) is 4.11. The Kier molecular flexibility index (Phi) is 2.60. The van der Waals surface area contributed by atoms with Gasteiger partial charge in [-0.3, -0.25) is 0 Å². The van der Waals surface area contributed by atoms with Gasteiger partial charge in [0, 0.05) is 6.20 Å². The summed E-state index contributed by atoms with van der Waals surface area (Å²) in [6.07, 6.45) is 5.19. The number of hydrogen-bond donors (Lipinski definition) is 0. The van der Waals surface area contributed by atoms with Gasteiger partial charge in [-0.15, -0.1) is 0 Å². The fraction of sp³-hybridized carbons (Fsp3) is 0.286. The van der Waals surface area contributed by atoms with Crippen LogP contribution in [-0.2, 0) is 5.41 Å². The first kappa shape index (κ1) is 10.7. The van der Waals surface area contributed by atoms with Gasteiger partial charge >= 0.3 is 0 Å². The Labute approximate surface area is 106 Å². The summed E-state index contributed by atoms with van der Waals surface area (Å²) in [6, 6.07) is 12.2. The van der Waals surface area contributed by atoms with Crippen LogP contribution in [0.15, 0.2) is 42.6 Å². The van der Waals surface area contributed by atoms with Crippen LogP contribution in [0.1, 0.15) is 30.7 Å². The molecule has 2 nitrogen and oxygen atoms in total. The Morgan fingerprint density at radius 1 is 1.06 bits per heavy atom. The molecule has 0 radical (unpaired) electrons. The molecule has 86 valence electrons. The van der Waals surface area contributed by atoms with E-state index in [1.54, 1.807) is 12.3 Å². The van der Waals surface area contributed by atoms with Crippen molar-refractivity contribution in [2.45, 2.75) is 24.7 Å². The predicted molar refractivity (Wildman–Crippen MR) is 68.1 cm³/mol. The van der Waals surface area contributed by atoms with Crippen LogP contribution in [0, 0.1) is 0 Å². The zero-order valence-electron chi connectivity index (χ0n) is 9.44. The molecule has 1 aliphatic rings. The Morgan fingerprint density at radius 2 is 1.82 bits per heavy atom. The van der Waals surface area contributed by atoms with Crippen LogP contribution < -0.4 is 0 Å². The predicted octanol–water partition coefficient (Wildman–Crippen LogP) is 3.60. The third-order valence-corrected chi connectivity index (χ3v) is 3.79. The van der Waals surface area contributed by atoms with E-state index in [0.29, 0.717) is 5.15 Å². The van der Waals surface area contributed by atoms with E-state index in [4.69, 9.17) is 11.6 Å². The summed E-state index contributed by atoms with van der Waals surface area (Å²) < 4.78 is 0. The molecule has 17 heavy (non-hydrogen) atoms. The van der Waals surface area contributed by atoms with Gasteiger partial charge in [-0.05, 0) is 24.5 Å². The van der Waals surface area contributed by atoms with E-state index in [1.165, 1.54) is 12.0 Å². The van der Waals surface area contributed by atoms with Crippen molar-refractivity contribution in [3.05, 3.63) is 59.1 Å². The quantitative estimate of drug-likeness (QED) is 0.755. The van der Waals surface area contributed by atoms with Gasteiger partial charge in [0.2, 0.25) is 0 Å². The first-order chi connectivity index (χ1) is 8.31. The standard InChI is InChI=1S/C14H13ClN2/c15-12-7-10-16-13(17-12)14(8-4-9-14)11-5-2-1-3-6-11/h1-3,5-7,10H,4,8-9H2. The monoisotopic (exact) mass is 244 g/mol. The minimum atomic E-state index is -0.00778. The summed E-state index contributed by atoms with van der Waals surface area (Å²) in [7, 11) is 0. The number of nitrogens with zero attached hydrogens (tertiary/aromatic N) is 2. The molecule has 1 saturated carbocycles. The second-order valence-electron chi connectivity index (χ2n) is 4.50. The van der Waals surface area contributed by atoms with Crippen molar-refractivity contribution in [2.24, 2.45) is 0 Å². The molecule has 1 aromatic heterocycles. The largest absolute Gasteiger partial charge is 0.240 e. The van der Waals surface area contributed by atoms with Gasteiger partial charge in [-0.25, -0.2) is 9.97 Å². The van der Waals surface area contributed by atoms with E-state index in [9.17, 15) is 0 Å². The Balaban J connectivity index is 2.09. The lowest BCUT2D eigenvalue weighted by Crippen LogP contribution is -2.37. The molecule has 1 aliphatic carbocycles. The van der Waals surface area contributed by atoms with Gasteiger partial charge in [-0.2, -0.15) is 0 Å². The fourth-order valence-electron chi connectivity index (χ4n) is 2.50. The van der Waals surface area contributed by atoms with Crippen molar-refractivity contribution in [3.63, 3.8) is 0 Å². The summed E-state index contributed by atoms with van der Waals surface area (Å²) >= 11 is 5.97. The second-order valence-corrected chi connectivity index (χ2v) is 4.89. The molecule has 0 N–H and O–H groups in total. The minimum absolute atomic E-state index is 0.00778. The third kappa shape index (κ3) is 1.73. The van der Waals surface area contributed by atoms with E-state index in [2.05, 4.69) is 34.2 Å². The van der Waals surface area contributed by atoms with Crippen LogP contribution in [-0.4, -0.2) is 9.97 Å². The third-order valence-electron chi connectivity index (χ3n) is 3.58. The van der Waals surface area contributed by atoms with Crippen LogP contribution in [0.4, 0.5) is 0 Å². The number of benzene rings is 1. The van der Waals surface area contributed by atoms with Gasteiger partial charge in [-0.1, -0.05) is 48.4 Å². The molecule has 3 heteroatoms. The highest BCUT2D eigenvalue weighted by atomic mass is 35.5. The highest BCUT2D eigenvalue weighted by Gasteiger charge is 2.42. The molecule has 1 aromatic carbocycles. The molecule has 1 fully saturated rings. The highest BCUT2D eigenvalue weighted by Crippen LogP contribution is 2.47. The first-order valence-corrected chi connectivity index (χ1v) is 6.24. The number of aromatic nitrogens is 2. The molecule has 3 rings (SSSR count). The van der Waals surface area contributed by atoms with Crippen molar-refractivity contribution in [1.29, 1.82) is 0 Å². The molecule has 0 saturated heterocycles. The summed E-state index contributed by atoms with van der Waals surface area (Å²) in [5.74, 6) is 0.863. The smallest absolute Gasteiger partial charge is 0.140 e. The molecular formula is C14H13ClN2. The van der Waals surface area contributed by atoms with Crippen LogP contribution in [0.3, 0.4) is 0 Å². The molecule has 1 heterocycles. The normalized spacial score (nSPS) is 17.5. The van der Waals surface area contributed by atoms with E-state index in [-0.39, 0.29) is 5.41 Å². The Hall–Kier alpha value is -1.41. The maximum Gasteiger partial charge on any atom is 0.140 e. The van der Waals surface area contributed by atoms with Crippen molar-refractivity contribution in [1.82, 2.24) is 9.97 Å². The van der Waals surface area contributed by atoms with Gasteiger partial charge in [0.25, 0.3) is 0 Å². The summed E-state index contributed by atoms with van der Waals surface area (Å²) in [4.78, 5) is 8.81. The lowest BCUT2D eigenvalue weighted by molar-refractivity contribution is 0.285. The summed E-state index contributed by atoms with van der Waals surface area (Å²) in [5, 5.41) is 0.525. The minimum Gasteiger partial charge on any atom is -0.240 e. The van der Waals surface area contributed by atoms with E-state index < -0.39 is 0 Å².